The molecule has 0 aromatic heterocycles. The van der Waals surface area contributed by atoms with E-state index in [1.54, 1.807) is 0 Å². The van der Waals surface area contributed by atoms with Crippen LogP contribution in [0.15, 0.2) is 89.5 Å². The number of hydrogen-bond acceptors (Lipinski definition) is 4. The number of aromatic carboxylic acids is 2. The maximum atomic E-state index is 12.1. The number of ether oxygens (including phenoxy) is 2. The van der Waals surface area contributed by atoms with Crippen LogP contribution in [0.25, 0.3) is 10.8 Å². The summed E-state index contributed by atoms with van der Waals surface area (Å²) in [6, 6.07) is 17.4. The third-order valence-electron chi connectivity index (χ3n) is 7.33. The Kier molecular flexibility index (Phi) is 13.1. The molecule has 43 heavy (non-hydrogen) atoms. The molecule has 0 unspecified atom stereocenters. The van der Waals surface area contributed by atoms with Crippen LogP contribution in [-0.2, 0) is 6.42 Å². The number of allylic oxidation sites excluding steroid dienone is 5. The lowest BCUT2D eigenvalue weighted by atomic mass is 10.0. The molecule has 0 saturated heterocycles. The average molecular weight is 585 g/mol. The molecule has 0 aliphatic carbocycles. The van der Waals surface area contributed by atoms with Crippen molar-refractivity contribution >= 4 is 22.7 Å². The second-order valence-electron chi connectivity index (χ2n) is 11.1. The van der Waals surface area contributed by atoms with Gasteiger partial charge in [0.2, 0.25) is 0 Å². The van der Waals surface area contributed by atoms with Crippen LogP contribution >= 0.6 is 0 Å². The zero-order chi connectivity index (χ0) is 31.2. The number of hydrogen-bond donors (Lipinski definition) is 2. The highest BCUT2D eigenvalue weighted by molar-refractivity contribution is 6.04. The topological polar surface area (TPSA) is 93.1 Å². The van der Waals surface area contributed by atoms with Crippen LogP contribution in [0.3, 0.4) is 0 Å². The van der Waals surface area contributed by atoms with Gasteiger partial charge in [-0.15, -0.1) is 0 Å². The zero-order valence-electron chi connectivity index (χ0n) is 25.8. The fraction of sp³-hybridized carbons (Fsp3) is 0.351. The first-order valence-electron chi connectivity index (χ1n) is 15.0. The SMILES string of the molecule is CC(C)=CCCC(C)=CCCC(C)=CCOc1c(OCCCCc2cccc3ccccc23)ccc(C(=O)O)c1C(=O)O. The minimum absolute atomic E-state index is 0.0551. The highest BCUT2D eigenvalue weighted by atomic mass is 16.5. The Bertz CT molecular complexity index is 1480. The van der Waals surface area contributed by atoms with E-state index in [-0.39, 0.29) is 23.7 Å². The second-order valence-corrected chi connectivity index (χ2v) is 11.1. The molecule has 0 amide bonds. The molecule has 3 aromatic carbocycles. The minimum Gasteiger partial charge on any atom is -0.490 e. The summed E-state index contributed by atoms with van der Waals surface area (Å²) in [5, 5.41) is 22.0. The summed E-state index contributed by atoms with van der Waals surface area (Å²) in [7, 11) is 0. The van der Waals surface area contributed by atoms with E-state index in [9.17, 15) is 19.8 Å². The average Bonchev–Trinajstić information content (AvgIpc) is 2.96. The molecule has 2 N–H and O–H groups in total. The summed E-state index contributed by atoms with van der Waals surface area (Å²) >= 11 is 0. The van der Waals surface area contributed by atoms with E-state index in [0.717, 1.165) is 50.5 Å². The number of fused-ring (bicyclic) bond motifs is 1. The zero-order valence-corrected chi connectivity index (χ0v) is 25.8. The van der Waals surface area contributed by atoms with Crippen molar-refractivity contribution in [3.63, 3.8) is 0 Å². The summed E-state index contributed by atoms with van der Waals surface area (Å²) in [6.07, 6.45) is 12.8. The number of rotatable bonds is 17. The van der Waals surface area contributed by atoms with Gasteiger partial charge in [0.15, 0.2) is 11.5 Å². The van der Waals surface area contributed by atoms with E-state index >= 15 is 0 Å². The van der Waals surface area contributed by atoms with Crippen LogP contribution < -0.4 is 9.47 Å². The summed E-state index contributed by atoms with van der Waals surface area (Å²) in [5.41, 5.74) is 4.34. The molecule has 0 heterocycles. The number of aryl methyl sites for hydroxylation is 1. The molecule has 3 rings (SSSR count). The predicted octanol–water partition coefficient (Wildman–Crippen LogP) is 9.44. The molecule has 0 bridgehead atoms. The lowest BCUT2D eigenvalue weighted by Gasteiger charge is -2.16. The summed E-state index contributed by atoms with van der Waals surface area (Å²) in [4.78, 5) is 23.9. The first-order chi connectivity index (χ1) is 20.7. The molecule has 3 aromatic rings. The first kappa shape index (κ1) is 33.2. The normalized spacial score (nSPS) is 11.8. The van der Waals surface area contributed by atoms with Gasteiger partial charge in [-0.25, -0.2) is 9.59 Å². The van der Waals surface area contributed by atoms with Gasteiger partial charge in [0.1, 0.15) is 12.2 Å². The highest BCUT2D eigenvalue weighted by Crippen LogP contribution is 2.35. The third-order valence-corrected chi connectivity index (χ3v) is 7.33. The summed E-state index contributed by atoms with van der Waals surface area (Å²) in [5.74, 6) is -2.53. The molecule has 0 aliphatic heterocycles. The van der Waals surface area contributed by atoms with Crippen LogP contribution in [0.4, 0.5) is 0 Å². The number of carbonyl (C=O) groups is 2. The van der Waals surface area contributed by atoms with Gasteiger partial charge in [-0.1, -0.05) is 71.3 Å². The lowest BCUT2D eigenvalue weighted by Crippen LogP contribution is -2.13. The van der Waals surface area contributed by atoms with Gasteiger partial charge in [0.05, 0.1) is 12.2 Å². The van der Waals surface area contributed by atoms with Gasteiger partial charge in [0.25, 0.3) is 0 Å². The summed E-state index contributed by atoms with van der Waals surface area (Å²) in [6.45, 7) is 8.83. The maximum Gasteiger partial charge on any atom is 0.340 e. The molecular formula is C37H44O6. The van der Waals surface area contributed by atoms with Crippen LogP contribution in [0.5, 0.6) is 11.5 Å². The largest absolute Gasteiger partial charge is 0.490 e. The van der Waals surface area contributed by atoms with Crippen molar-refractivity contribution in [2.75, 3.05) is 13.2 Å². The molecular weight excluding hydrogens is 540 g/mol. The molecule has 0 radical (unpaired) electrons. The van der Waals surface area contributed by atoms with Gasteiger partial charge < -0.3 is 19.7 Å². The summed E-state index contributed by atoms with van der Waals surface area (Å²) < 4.78 is 11.9. The van der Waals surface area contributed by atoms with E-state index in [1.165, 1.54) is 39.6 Å². The van der Waals surface area contributed by atoms with Crippen molar-refractivity contribution in [1.29, 1.82) is 0 Å². The smallest absolute Gasteiger partial charge is 0.340 e. The van der Waals surface area contributed by atoms with Crippen molar-refractivity contribution in [1.82, 2.24) is 0 Å². The molecule has 6 nitrogen and oxygen atoms in total. The fourth-order valence-electron chi connectivity index (χ4n) is 4.93. The van der Waals surface area contributed by atoms with Gasteiger partial charge in [-0.2, -0.15) is 0 Å². The quantitative estimate of drug-likeness (QED) is 0.121. The number of benzene rings is 3. The van der Waals surface area contributed by atoms with E-state index in [2.05, 4.69) is 63.3 Å². The van der Waals surface area contributed by atoms with Gasteiger partial charge in [-0.3, -0.25) is 0 Å². The Morgan fingerprint density at radius 3 is 2.16 bits per heavy atom. The van der Waals surface area contributed by atoms with Gasteiger partial charge in [-0.05, 0) is 107 Å². The predicted molar refractivity (Wildman–Crippen MR) is 174 cm³/mol. The van der Waals surface area contributed by atoms with E-state index in [1.807, 2.05) is 25.1 Å². The number of carboxylic acids is 2. The Labute approximate surface area is 255 Å². The molecule has 0 atom stereocenters. The monoisotopic (exact) mass is 584 g/mol. The van der Waals surface area contributed by atoms with Crippen LogP contribution in [-0.4, -0.2) is 35.4 Å². The van der Waals surface area contributed by atoms with Crippen LogP contribution in [0.1, 0.15) is 92.5 Å². The Morgan fingerprint density at radius 2 is 1.44 bits per heavy atom. The molecule has 228 valence electrons. The number of carboxylic acid groups (broad SMARTS) is 2. The van der Waals surface area contributed by atoms with Gasteiger partial charge in [0, 0.05) is 0 Å². The lowest BCUT2D eigenvalue weighted by molar-refractivity contribution is 0.0647. The molecule has 0 aliphatic rings. The molecule has 0 spiro atoms. The number of unbranched alkanes of at least 4 members (excludes halogenated alkanes) is 1. The van der Waals surface area contributed by atoms with Crippen molar-refractivity contribution in [3.8, 4) is 11.5 Å². The fourth-order valence-corrected chi connectivity index (χ4v) is 4.93. The molecule has 6 heteroatoms. The van der Waals surface area contributed by atoms with Crippen molar-refractivity contribution < 1.29 is 29.3 Å². The second kappa shape index (κ2) is 17.0. The van der Waals surface area contributed by atoms with Crippen molar-refractivity contribution in [3.05, 3.63) is 106 Å². The Balaban J connectivity index is 1.62. The molecule has 0 saturated carbocycles. The Hall–Kier alpha value is -4.32. The first-order valence-corrected chi connectivity index (χ1v) is 15.0. The minimum atomic E-state index is -1.37. The van der Waals surface area contributed by atoms with E-state index < -0.39 is 17.5 Å². The van der Waals surface area contributed by atoms with E-state index in [0.29, 0.717) is 6.61 Å². The highest BCUT2D eigenvalue weighted by Gasteiger charge is 2.25. The van der Waals surface area contributed by atoms with Crippen LogP contribution in [0, 0.1) is 0 Å². The van der Waals surface area contributed by atoms with Crippen LogP contribution in [0.2, 0.25) is 0 Å². The van der Waals surface area contributed by atoms with E-state index in [4.69, 9.17) is 9.47 Å². The Morgan fingerprint density at radius 1 is 0.744 bits per heavy atom. The van der Waals surface area contributed by atoms with Crippen molar-refractivity contribution in [2.24, 2.45) is 0 Å². The standard InChI is InChI=1S/C37H44O6/c1-26(2)12-9-13-27(3)14-10-15-28(4)23-25-43-35-33(22-21-32(36(38)39)34(35)37(40)41)42-24-8-7-17-30-19-11-18-29-16-5-6-20-31(29)30/h5-6,11-12,14,16,18-23H,7-10,13,15,17,24-25H2,1-4H3,(H,38,39)(H,40,41). The third kappa shape index (κ3) is 10.5. The molecule has 0 fully saturated rings. The maximum absolute atomic E-state index is 12.1. The van der Waals surface area contributed by atoms with Gasteiger partial charge >= 0.3 is 11.9 Å². The van der Waals surface area contributed by atoms with Crippen molar-refractivity contribution in [2.45, 2.75) is 72.6 Å².